The van der Waals surface area contributed by atoms with Crippen LogP contribution in [0.3, 0.4) is 0 Å². The van der Waals surface area contributed by atoms with Crippen molar-refractivity contribution >= 4 is 22.9 Å². The Morgan fingerprint density at radius 2 is 1.88 bits per heavy atom. The van der Waals surface area contributed by atoms with Crippen molar-refractivity contribution in [1.29, 1.82) is 0 Å². The maximum atomic E-state index is 13.2. The van der Waals surface area contributed by atoms with Crippen LogP contribution in [-0.2, 0) is 11.2 Å². The molecule has 32 heavy (non-hydrogen) atoms. The van der Waals surface area contributed by atoms with Crippen LogP contribution in [-0.4, -0.2) is 58.6 Å². The van der Waals surface area contributed by atoms with Gasteiger partial charge in [-0.3, -0.25) is 9.69 Å². The van der Waals surface area contributed by atoms with Crippen LogP contribution in [0.25, 0.3) is 5.57 Å². The molecule has 1 aromatic carbocycles. The standard InChI is InChI=1S/C24H32N6O2/c1-16(2)29-8-10-30(11-9-29)20-13-21-17(14-24(3,4)32-21)12-19(20)28-23(31)18(15-25)22-26-6-5-7-27-22/h5-7,12-13,15-16H,8-11,14,25H2,1-4H3,(H,28,31). The van der Waals surface area contributed by atoms with E-state index in [0.717, 1.165) is 55.3 Å². The average Bonchev–Trinajstić information content (AvgIpc) is 3.07. The predicted molar refractivity (Wildman–Crippen MR) is 127 cm³/mol. The topological polar surface area (TPSA) is 96.6 Å². The van der Waals surface area contributed by atoms with E-state index in [9.17, 15) is 4.79 Å². The molecular weight excluding hydrogens is 404 g/mol. The summed E-state index contributed by atoms with van der Waals surface area (Å²) < 4.78 is 6.18. The summed E-state index contributed by atoms with van der Waals surface area (Å²) in [4.78, 5) is 26.3. The molecule has 2 aliphatic heterocycles. The number of nitrogens with zero attached hydrogens (tertiary/aromatic N) is 4. The molecule has 1 saturated heterocycles. The van der Waals surface area contributed by atoms with Crippen molar-refractivity contribution in [2.24, 2.45) is 5.73 Å². The third kappa shape index (κ3) is 4.55. The van der Waals surface area contributed by atoms with E-state index in [4.69, 9.17) is 10.5 Å². The van der Waals surface area contributed by atoms with Crippen molar-refractivity contribution in [3.63, 3.8) is 0 Å². The van der Waals surface area contributed by atoms with Crippen LogP contribution in [0.1, 0.15) is 39.1 Å². The van der Waals surface area contributed by atoms with E-state index in [1.807, 2.05) is 6.07 Å². The van der Waals surface area contributed by atoms with Crippen LogP contribution < -0.4 is 20.7 Å². The van der Waals surface area contributed by atoms with E-state index in [1.54, 1.807) is 18.5 Å². The Morgan fingerprint density at radius 3 is 2.50 bits per heavy atom. The lowest BCUT2D eigenvalue weighted by atomic mass is 10.0. The molecule has 0 unspecified atom stereocenters. The van der Waals surface area contributed by atoms with Gasteiger partial charge in [0.25, 0.3) is 5.91 Å². The maximum Gasteiger partial charge on any atom is 0.261 e. The second-order valence-corrected chi connectivity index (χ2v) is 9.24. The van der Waals surface area contributed by atoms with Gasteiger partial charge in [0.05, 0.1) is 16.9 Å². The molecule has 2 aromatic rings. The first-order valence-corrected chi connectivity index (χ1v) is 11.1. The molecule has 3 N–H and O–H groups in total. The second kappa shape index (κ2) is 8.78. The maximum absolute atomic E-state index is 13.2. The molecule has 2 aliphatic rings. The number of piperazine rings is 1. The number of benzene rings is 1. The van der Waals surface area contributed by atoms with Gasteiger partial charge in [-0.1, -0.05) is 0 Å². The van der Waals surface area contributed by atoms with Crippen LogP contribution in [0.5, 0.6) is 5.75 Å². The summed E-state index contributed by atoms with van der Waals surface area (Å²) in [6.07, 6.45) is 5.22. The number of carbonyl (C=O) groups excluding carboxylic acids is 1. The number of rotatable bonds is 5. The summed E-state index contributed by atoms with van der Waals surface area (Å²) in [6.45, 7) is 12.3. The summed E-state index contributed by atoms with van der Waals surface area (Å²) in [5, 5.41) is 3.07. The molecule has 3 heterocycles. The molecule has 0 radical (unpaired) electrons. The number of hydrogen-bond donors (Lipinski definition) is 2. The van der Waals surface area contributed by atoms with Crippen molar-refractivity contribution in [3.8, 4) is 5.75 Å². The summed E-state index contributed by atoms with van der Waals surface area (Å²) in [5.74, 6) is 0.847. The van der Waals surface area contributed by atoms with E-state index < -0.39 is 0 Å². The molecule has 0 spiro atoms. The molecular formula is C24H32N6O2. The van der Waals surface area contributed by atoms with Gasteiger partial charge in [0.1, 0.15) is 11.4 Å². The van der Waals surface area contributed by atoms with Gasteiger partial charge in [0.15, 0.2) is 5.82 Å². The number of hydrogen-bond acceptors (Lipinski definition) is 7. The van der Waals surface area contributed by atoms with Gasteiger partial charge in [0.2, 0.25) is 0 Å². The zero-order valence-electron chi connectivity index (χ0n) is 19.3. The molecule has 1 fully saturated rings. The Balaban J connectivity index is 1.64. The highest BCUT2D eigenvalue weighted by atomic mass is 16.5. The van der Waals surface area contributed by atoms with Crippen LogP contribution in [0.15, 0.2) is 36.8 Å². The van der Waals surface area contributed by atoms with Gasteiger partial charge >= 0.3 is 0 Å². The fourth-order valence-electron chi connectivity index (χ4n) is 4.36. The Kier molecular flexibility index (Phi) is 6.06. The number of nitrogens with one attached hydrogen (secondary N) is 1. The Morgan fingerprint density at radius 1 is 1.19 bits per heavy atom. The number of nitrogens with two attached hydrogens (primary N) is 1. The van der Waals surface area contributed by atoms with Gasteiger partial charge in [-0.15, -0.1) is 0 Å². The van der Waals surface area contributed by atoms with Crippen molar-refractivity contribution in [2.75, 3.05) is 36.4 Å². The zero-order chi connectivity index (χ0) is 22.9. The number of carbonyl (C=O) groups is 1. The number of ether oxygens (including phenoxy) is 1. The molecule has 1 aromatic heterocycles. The third-order valence-electron chi connectivity index (χ3n) is 6.03. The van der Waals surface area contributed by atoms with Crippen molar-refractivity contribution in [3.05, 3.63) is 48.2 Å². The highest BCUT2D eigenvalue weighted by molar-refractivity contribution is 6.24. The van der Waals surface area contributed by atoms with E-state index in [2.05, 4.69) is 58.8 Å². The first kappa shape index (κ1) is 22.1. The Bertz CT molecular complexity index is 1010. The molecule has 8 nitrogen and oxygen atoms in total. The molecule has 4 rings (SSSR count). The number of fused-ring (bicyclic) bond motifs is 1. The number of anilines is 2. The fraction of sp³-hybridized carbons (Fsp3) is 0.458. The molecule has 0 saturated carbocycles. The predicted octanol–water partition coefficient (Wildman–Crippen LogP) is 2.66. The van der Waals surface area contributed by atoms with E-state index in [-0.39, 0.29) is 17.1 Å². The van der Waals surface area contributed by atoms with Crippen molar-refractivity contribution < 1.29 is 9.53 Å². The highest BCUT2D eigenvalue weighted by Gasteiger charge is 2.33. The van der Waals surface area contributed by atoms with Crippen LogP contribution in [0, 0.1) is 0 Å². The Labute approximate surface area is 189 Å². The van der Waals surface area contributed by atoms with Gasteiger partial charge in [-0.2, -0.15) is 0 Å². The van der Waals surface area contributed by atoms with E-state index >= 15 is 0 Å². The first-order valence-electron chi connectivity index (χ1n) is 11.1. The first-order chi connectivity index (χ1) is 15.3. The fourth-order valence-corrected chi connectivity index (χ4v) is 4.36. The SMILES string of the molecule is CC(C)N1CCN(c2cc3c(cc2NC(=O)C(=CN)c2ncccn2)CC(C)(C)O3)CC1. The molecule has 0 aliphatic carbocycles. The minimum atomic E-state index is -0.334. The normalized spacial score (nSPS) is 18.4. The summed E-state index contributed by atoms with van der Waals surface area (Å²) >= 11 is 0. The lowest BCUT2D eigenvalue weighted by Crippen LogP contribution is -2.49. The highest BCUT2D eigenvalue weighted by Crippen LogP contribution is 2.42. The zero-order valence-corrected chi connectivity index (χ0v) is 19.3. The summed E-state index contributed by atoms with van der Waals surface area (Å²) in [6, 6.07) is 6.32. The van der Waals surface area contributed by atoms with Crippen LogP contribution >= 0.6 is 0 Å². The number of amides is 1. The Hall–Kier alpha value is -3.13. The third-order valence-corrected chi connectivity index (χ3v) is 6.03. The van der Waals surface area contributed by atoms with Crippen molar-refractivity contribution in [1.82, 2.24) is 14.9 Å². The summed E-state index contributed by atoms with van der Waals surface area (Å²) in [5.41, 5.74) is 8.54. The number of aromatic nitrogens is 2. The lowest BCUT2D eigenvalue weighted by Gasteiger charge is -2.39. The minimum absolute atomic E-state index is 0.234. The van der Waals surface area contributed by atoms with Crippen LogP contribution in [0.4, 0.5) is 11.4 Å². The van der Waals surface area contributed by atoms with E-state index in [0.29, 0.717) is 11.9 Å². The molecule has 1 amide bonds. The van der Waals surface area contributed by atoms with Crippen molar-refractivity contribution in [2.45, 2.75) is 45.8 Å². The largest absolute Gasteiger partial charge is 0.487 e. The second-order valence-electron chi connectivity index (χ2n) is 9.24. The molecule has 170 valence electrons. The van der Waals surface area contributed by atoms with Gasteiger partial charge in [-0.05, 0) is 39.8 Å². The molecule has 0 atom stereocenters. The lowest BCUT2D eigenvalue weighted by molar-refractivity contribution is -0.111. The van der Waals surface area contributed by atoms with E-state index in [1.165, 1.54) is 6.20 Å². The quantitative estimate of drug-likeness (QED) is 0.696. The van der Waals surface area contributed by atoms with Gasteiger partial charge < -0.3 is 20.7 Å². The monoisotopic (exact) mass is 436 g/mol. The molecule has 8 heteroatoms. The average molecular weight is 437 g/mol. The molecule has 0 bridgehead atoms. The minimum Gasteiger partial charge on any atom is -0.487 e. The van der Waals surface area contributed by atoms with Crippen LogP contribution in [0.2, 0.25) is 0 Å². The summed E-state index contributed by atoms with van der Waals surface area (Å²) in [7, 11) is 0. The van der Waals surface area contributed by atoms with Gasteiger partial charge in [-0.25, -0.2) is 9.97 Å². The van der Waals surface area contributed by atoms with Gasteiger partial charge in [0, 0.05) is 68.9 Å². The smallest absolute Gasteiger partial charge is 0.261 e.